The van der Waals surface area contributed by atoms with Gasteiger partial charge in [0.05, 0.1) is 40.9 Å². The molecule has 11 nitrogen and oxygen atoms in total. The number of hydrazone groups is 2. The molecule has 3 aromatic rings. The van der Waals surface area contributed by atoms with Crippen molar-refractivity contribution in [2.45, 2.75) is 0 Å². The number of hydrogen-bond acceptors (Lipinski definition) is 9. The summed E-state index contributed by atoms with van der Waals surface area (Å²) in [6.45, 7) is 0. The number of nitrogens with zero attached hydrogens (tertiary/aromatic N) is 2. The van der Waals surface area contributed by atoms with E-state index in [0.717, 1.165) is 0 Å². The van der Waals surface area contributed by atoms with Gasteiger partial charge in [0.1, 0.15) is 0 Å². The number of nitrogens with one attached hydrogen (secondary N) is 2. The lowest BCUT2D eigenvalue weighted by Crippen LogP contribution is -2.18. The van der Waals surface area contributed by atoms with Crippen LogP contribution in [0.1, 0.15) is 32.2 Å². The highest BCUT2D eigenvalue weighted by Crippen LogP contribution is 2.30. The van der Waals surface area contributed by atoms with Gasteiger partial charge in [-0.25, -0.2) is 10.9 Å². The highest BCUT2D eigenvalue weighted by molar-refractivity contribution is 5.96. The molecule has 182 valence electrons. The quantitative estimate of drug-likeness (QED) is 0.337. The molecule has 0 unspecified atom stereocenters. The number of carbonyl (C=O) groups excluding carboxylic acids is 2. The van der Waals surface area contributed by atoms with Gasteiger partial charge in [0.15, 0.2) is 34.5 Å². The number of benzene rings is 2. The minimum absolute atomic E-state index is 0.108. The van der Waals surface area contributed by atoms with Crippen LogP contribution in [0, 0.1) is 0 Å². The first-order chi connectivity index (χ1) is 17.0. The Labute approximate surface area is 201 Å². The Bertz CT molecular complexity index is 1160. The van der Waals surface area contributed by atoms with Crippen LogP contribution in [-0.4, -0.2) is 52.7 Å². The topological polar surface area (TPSA) is 133 Å². The van der Waals surface area contributed by atoms with Crippen molar-refractivity contribution in [1.82, 2.24) is 10.9 Å². The van der Waals surface area contributed by atoms with Crippen molar-refractivity contribution < 1.29 is 33.0 Å². The molecule has 0 aliphatic heterocycles. The van der Waals surface area contributed by atoms with E-state index in [-0.39, 0.29) is 11.5 Å². The van der Waals surface area contributed by atoms with E-state index in [1.165, 1.54) is 53.0 Å². The summed E-state index contributed by atoms with van der Waals surface area (Å²) in [5, 5.41) is 7.81. The van der Waals surface area contributed by atoms with Crippen LogP contribution in [0.3, 0.4) is 0 Å². The molecule has 3 rings (SSSR count). The molecule has 0 aliphatic carbocycles. The molecule has 0 saturated heterocycles. The van der Waals surface area contributed by atoms with Crippen molar-refractivity contribution in [3.8, 4) is 23.0 Å². The van der Waals surface area contributed by atoms with Crippen molar-refractivity contribution in [2.24, 2.45) is 10.2 Å². The predicted octanol–water partition coefficient (Wildman–Crippen LogP) is 2.84. The summed E-state index contributed by atoms with van der Waals surface area (Å²) < 4.78 is 26.4. The molecular formula is C24H24N4O7. The number of carbonyl (C=O) groups is 2. The van der Waals surface area contributed by atoms with Crippen molar-refractivity contribution in [3.05, 3.63) is 71.2 Å². The molecule has 0 bridgehead atoms. The normalized spacial score (nSPS) is 10.9. The summed E-state index contributed by atoms with van der Waals surface area (Å²) in [7, 11) is 6.04. The van der Waals surface area contributed by atoms with Gasteiger partial charge in [-0.1, -0.05) is 12.1 Å². The van der Waals surface area contributed by atoms with Gasteiger partial charge in [-0.3, -0.25) is 9.59 Å². The fraction of sp³-hybridized carbons (Fsp3) is 0.167. The summed E-state index contributed by atoms with van der Waals surface area (Å²) in [5.74, 6) is 0.480. The molecule has 11 heteroatoms. The van der Waals surface area contributed by atoms with Crippen molar-refractivity contribution in [2.75, 3.05) is 28.4 Å². The van der Waals surface area contributed by atoms with Gasteiger partial charge in [-0.2, -0.15) is 10.2 Å². The molecule has 1 heterocycles. The molecule has 35 heavy (non-hydrogen) atoms. The van der Waals surface area contributed by atoms with E-state index < -0.39 is 11.8 Å². The van der Waals surface area contributed by atoms with Gasteiger partial charge in [-0.15, -0.1) is 0 Å². The van der Waals surface area contributed by atoms with Gasteiger partial charge >= 0.3 is 11.8 Å². The standard InChI is InChI=1S/C24H24N4O7/c1-31-17-9-5-7-15(21(17)33-3)13-25-27-23(29)19-11-12-20(35-19)24(30)28-26-14-16-8-6-10-18(32-2)22(16)34-4/h5-14H,1-4H3,(H,27,29)(H,28,30). The minimum Gasteiger partial charge on any atom is -0.493 e. The van der Waals surface area contributed by atoms with Crippen molar-refractivity contribution >= 4 is 24.2 Å². The summed E-state index contributed by atoms with van der Waals surface area (Å²) in [5.41, 5.74) is 5.85. The first-order valence-corrected chi connectivity index (χ1v) is 10.2. The van der Waals surface area contributed by atoms with Crippen LogP contribution < -0.4 is 29.8 Å². The van der Waals surface area contributed by atoms with Crippen LogP contribution in [0.5, 0.6) is 23.0 Å². The van der Waals surface area contributed by atoms with Crippen LogP contribution in [0.2, 0.25) is 0 Å². The van der Waals surface area contributed by atoms with E-state index in [1.54, 1.807) is 36.4 Å². The Morgan fingerprint density at radius 1 is 0.686 bits per heavy atom. The Kier molecular flexibility index (Phi) is 8.43. The number of para-hydroxylation sites is 2. The highest BCUT2D eigenvalue weighted by Gasteiger charge is 2.16. The third-order valence-electron chi connectivity index (χ3n) is 4.66. The van der Waals surface area contributed by atoms with Crippen LogP contribution in [-0.2, 0) is 0 Å². The molecule has 2 N–H and O–H groups in total. The van der Waals surface area contributed by atoms with E-state index in [2.05, 4.69) is 21.1 Å². The van der Waals surface area contributed by atoms with Crippen molar-refractivity contribution in [1.29, 1.82) is 0 Å². The van der Waals surface area contributed by atoms with Crippen LogP contribution in [0.25, 0.3) is 0 Å². The third kappa shape index (κ3) is 5.96. The number of rotatable bonds is 10. The monoisotopic (exact) mass is 480 g/mol. The average molecular weight is 480 g/mol. The second-order valence-electron chi connectivity index (χ2n) is 6.73. The van der Waals surface area contributed by atoms with Gasteiger partial charge < -0.3 is 23.4 Å². The SMILES string of the molecule is COc1cccc(C=NNC(=O)c2ccc(C(=O)NN=Cc3cccc(OC)c3OC)o2)c1OC. The molecule has 0 spiro atoms. The summed E-state index contributed by atoms with van der Waals surface area (Å²) in [6, 6.07) is 13.2. The van der Waals surface area contributed by atoms with Gasteiger partial charge in [-0.05, 0) is 36.4 Å². The molecule has 2 aromatic carbocycles. The maximum absolute atomic E-state index is 12.3. The van der Waals surface area contributed by atoms with E-state index in [0.29, 0.717) is 34.1 Å². The van der Waals surface area contributed by atoms with Crippen LogP contribution in [0.15, 0.2) is 63.2 Å². The maximum atomic E-state index is 12.3. The summed E-state index contributed by atoms with van der Waals surface area (Å²) >= 11 is 0. The van der Waals surface area contributed by atoms with E-state index in [9.17, 15) is 9.59 Å². The molecule has 0 radical (unpaired) electrons. The second-order valence-corrected chi connectivity index (χ2v) is 6.73. The molecule has 2 amide bonds. The van der Waals surface area contributed by atoms with Gasteiger partial charge in [0, 0.05) is 11.1 Å². The molecule has 0 fully saturated rings. The lowest BCUT2D eigenvalue weighted by molar-refractivity contribution is 0.0902. The second kappa shape index (κ2) is 11.9. The molecule has 0 aliphatic rings. The largest absolute Gasteiger partial charge is 0.493 e. The zero-order valence-electron chi connectivity index (χ0n) is 19.5. The first-order valence-electron chi connectivity index (χ1n) is 10.2. The highest BCUT2D eigenvalue weighted by atomic mass is 16.5. The van der Waals surface area contributed by atoms with E-state index in [4.69, 9.17) is 23.4 Å². The fourth-order valence-electron chi connectivity index (χ4n) is 3.04. The van der Waals surface area contributed by atoms with Crippen LogP contribution >= 0.6 is 0 Å². The van der Waals surface area contributed by atoms with Gasteiger partial charge in [0.25, 0.3) is 0 Å². The Morgan fingerprint density at radius 2 is 1.11 bits per heavy atom. The first kappa shape index (κ1) is 24.8. The molecule has 0 saturated carbocycles. The number of hydrogen-bond donors (Lipinski definition) is 2. The minimum atomic E-state index is -0.646. The number of amides is 2. The number of furan rings is 1. The van der Waals surface area contributed by atoms with Gasteiger partial charge in [0.2, 0.25) is 0 Å². The number of ether oxygens (including phenoxy) is 4. The summed E-state index contributed by atoms with van der Waals surface area (Å²) in [6.07, 6.45) is 2.80. The summed E-state index contributed by atoms with van der Waals surface area (Å²) in [4.78, 5) is 24.6. The average Bonchev–Trinajstić information content (AvgIpc) is 3.38. The smallest absolute Gasteiger partial charge is 0.307 e. The molecular weight excluding hydrogens is 456 g/mol. The molecule has 1 aromatic heterocycles. The molecule has 0 atom stereocenters. The maximum Gasteiger partial charge on any atom is 0.307 e. The predicted molar refractivity (Wildman–Crippen MR) is 128 cm³/mol. The van der Waals surface area contributed by atoms with Crippen molar-refractivity contribution in [3.63, 3.8) is 0 Å². The Balaban J connectivity index is 1.61. The van der Waals surface area contributed by atoms with Crippen LogP contribution in [0.4, 0.5) is 0 Å². The lowest BCUT2D eigenvalue weighted by atomic mass is 10.2. The fourth-order valence-corrected chi connectivity index (χ4v) is 3.04. The zero-order valence-corrected chi connectivity index (χ0v) is 19.5. The lowest BCUT2D eigenvalue weighted by Gasteiger charge is -2.09. The Morgan fingerprint density at radius 3 is 1.49 bits per heavy atom. The van der Waals surface area contributed by atoms with E-state index in [1.807, 2.05) is 0 Å². The third-order valence-corrected chi connectivity index (χ3v) is 4.66. The Hall–Kier alpha value is -4.80. The van der Waals surface area contributed by atoms with E-state index >= 15 is 0 Å². The zero-order chi connectivity index (χ0) is 25.2. The number of methoxy groups -OCH3 is 4.